The van der Waals surface area contributed by atoms with Gasteiger partial charge in [0.2, 0.25) is 0 Å². The summed E-state index contributed by atoms with van der Waals surface area (Å²) >= 11 is 0. The number of methoxy groups -OCH3 is 1. The first-order valence-corrected chi connectivity index (χ1v) is 8.47. The van der Waals surface area contributed by atoms with E-state index >= 15 is 0 Å². The molecule has 24 heavy (non-hydrogen) atoms. The van der Waals surface area contributed by atoms with Gasteiger partial charge in [-0.05, 0) is 29.2 Å². The summed E-state index contributed by atoms with van der Waals surface area (Å²) in [5.74, 6) is 1.62. The van der Waals surface area contributed by atoms with Gasteiger partial charge in [-0.1, -0.05) is 36.4 Å². The zero-order chi connectivity index (χ0) is 16.5. The van der Waals surface area contributed by atoms with E-state index in [-0.39, 0.29) is 5.91 Å². The predicted molar refractivity (Wildman–Crippen MR) is 93.3 cm³/mol. The Morgan fingerprint density at radius 2 is 2.00 bits per heavy atom. The maximum absolute atomic E-state index is 12.4. The third kappa shape index (κ3) is 2.78. The predicted octanol–water partition coefficient (Wildman–Crippen LogP) is 2.65. The fourth-order valence-corrected chi connectivity index (χ4v) is 3.99. The molecule has 0 bridgehead atoms. The number of hydrogen-bond acceptors (Lipinski definition) is 3. The zero-order valence-corrected chi connectivity index (χ0v) is 13.9. The molecule has 4 rings (SSSR count). The molecule has 0 unspecified atom stereocenters. The first-order chi connectivity index (χ1) is 11.7. The van der Waals surface area contributed by atoms with Crippen molar-refractivity contribution in [2.45, 2.75) is 12.5 Å². The number of nitrogens with zero attached hydrogens (tertiary/aromatic N) is 1. The van der Waals surface area contributed by atoms with Crippen molar-refractivity contribution in [2.75, 3.05) is 26.7 Å². The number of carbonyl (C=O) groups excluding carboxylic acids is 1. The number of nitrogens with one attached hydrogen (secondary N) is 1. The van der Waals surface area contributed by atoms with Gasteiger partial charge in [-0.3, -0.25) is 9.69 Å². The number of rotatable bonds is 3. The van der Waals surface area contributed by atoms with Crippen LogP contribution in [-0.4, -0.2) is 37.6 Å². The van der Waals surface area contributed by atoms with E-state index in [1.165, 1.54) is 5.56 Å². The molecule has 2 aromatic carbocycles. The number of hydrogen-bond donors (Lipinski definition) is 1. The second kappa shape index (κ2) is 6.29. The van der Waals surface area contributed by atoms with E-state index in [9.17, 15) is 4.79 Å². The van der Waals surface area contributed by atoms with Crippen LogP contribution in [0.4, 0.5) is 0 Å². The quantitative estimate of drug-likeness (QED) is 0.944. The van der Waals surface area contributed by atoms with Crippen LogP contribution >= 0.6 is 0 Å². The number of benzene rings is 2. The first kappa shape index (κ1) is 15.2. The molecule has 2 heterocycles. The lowest BCUT2D eigenvalue weighted by atomic mass is 9.87. The van der Waals surface area contributed by atoms with E-state index in [4.69, 9.17) is 4.74 Å². The fourth-order valence-electron chi connectivity index (χ4n) is 3.99. The second-order valence-electron chi connectivity index (χ2n) is 6.71. The van der Waals surface area contributed by atoms with Gasteiger partial charge >= 0.3 is 0 Å². The van der Waals surface area contributed by atoms with Gasteiger partial charge in [0.15, 0.2) is 0 Å². The molecule has 2 aromatic rings. The van der Waals surface area contributed by atoms with E-state index < -0.39 is 0 Å². The highest BCUT2D eigenvalue weighted by Gasteiger charge is 2.38. The molecule has 1 amide bonds. The summed E-state index contributed by atoms with van der Waals surface area (Å²) in [7, 11) is 1.64. The molecule has 0 saturated carbocycles. The van der Waals surface area contributed by atoms with Crippen LogP contribution in [0.3, 0.4) is 0 Å². The Balaban J connectivity index is 1.60. The van der Waals surface area contributed by atoms with Gasteiger partial charge in [0.05, 0.1) is 7.11 Å². The molecule has 1 N–H and O–H groups in total. The average Bonchev–Trinajstić information content (AvgIpc) is 2.97. The molecular formula is C20H22N2O2. The highest BCUT2D eigenvalue weighted by atomic mass is 16.5. The summed E-state index contributed by atoms with van der Waals surface area (Å²) < 4.78 is 5.29. The zero-order valence-electron chi connectivity index (χ0n) is 13.9. The normalized spacial score (nSPS) is 23.1. The van der Waals surface area contributed by atoms with Crippen LogP contribution < -0.4 is 10.1 Å². The van der Waals surface area contributed by atoms with E-state index in [1.807, 2.05) is 12.1 Å². The van der Waals surface area contributed by atoms with Crippen molar-refractivity contribution in [2.24, 2.45) is 5.92 Å². The SMILES string of the molecule is COc1ccc2c(c1)C(=O)NC[C@@H]1CN(Cc3ccccc3)C[C@H]21. The standard InChI is InChI=1S/C20H22N2O2/c1-24-16-7-8-17-18(9-16)20(23)21-10-15-12-22(13-19(15)17)11-14-5-3-2-4-6-14/h2-9,15,19H,10-13H2,1H3,(H,21,23)/t15-,19+/m1/s1. The minimum atomic E-state index is 0.0212. The highest BCUT2D eigenvalue weighted by Crippen LogP contribution is 2.37. The van der Waals surface area contributed by atoms with Crippen LogP contribution in [0, 0.1) is 5.92 Å². The Hall–Kier alpha value is -2.33. The monoisotopic (exact) mass is 322 g/mol. The van der Waals surface area contributed by atoms with Crippen molar-refractivity contribution in [3.63, 3.8) is 0 Å². The van der Waals surface area contributed by atoms with Crippen LogP contribution in [0.1, 0.15) is 27.4 Å². The third-order valence-corrected chi connectivity index (χ3v) is 5.20. The lowest BCUT2D eigenvalue weighted by Crippen LogP contribution is -2.29. The number of amides is 1. The smallest absolute Gasteiger partial charge is 0.251 e. The Labute approximate surface area is 142 Å². The molecule has 2 aliphatic heterocycles. The molecule has 124 valence electrons. The maximum atomic E-state index is 12.4. The summed E-state index contributed by atoms with van der Waals surface area (Å²) in [6.45, 7) is 3.72. The Morgan fingerprint density at radius 3 is 2.79 bits per heavy atom. The topological polar surface area (TPSA) is 41.6 Å². The van der Waals surface area contributed by atoms with E-state index in [0.717, 1.165) is 43.1 Å². The Morgan fingerprint density at radius 1 is 1.17 bits per heavy atom. The number of carbonyl (C=O) groups is 1. The second-order valence-corrected chi connectivity index (χ2v) is 6.71. The minimum Gasteiger partial charge on any atom is -0.497 e. The summed E-state index contributed by atoms with van der Waals surface area (Å²) in [6.07, 6.45) is 0. The molecule has 1 fully saturated rings. The lowest BCUT2D eigenvalue weighted by Gasteiger charge is -2.18. The van der Waals surface area contributed by atoms with Crippen molar-refractivity contribution in [3.05, 3.63) is 65.2 Å². The van der Waals surface area contributed by atoms with Crippen molar-refractivity contribution < 1.29 is 9.53 Å². The first-order valence-electron chi connectivity index (χ1n) is 8.47. The van der Waals surface area contributed by atoms with Crippen LogP contribution in [0.15, 0.2) is 48.5 Å². The largest absolute Gasteiger partial charge is 0.497 e. The lowest BCUT2D eigenvalue weighted by molar-refractivity contribution is 0.0950. The van der Waals surface area contributed by atoms with Crippen molar-refractivity contribution in [1.82, 2.24) is 10.2 Å². The summed E-state index contributed by atoms with van der Waals surface area (Å²) in [6, 6.07) is 16.5. The summed E-state index contributed by atoms with van der Waals surface area (Å²) in [5, 5.41) is 3.09. The van der Waals surface area contributed by atoms with E-state index in [2.05, 4.69) is 46.6 Å². The maximum Gasteiger partial charge on any atom is 0.251 e. The number of likely N-dealkylation sites (tertiary alicyclic amines) is 1. The van der Waals surface area contributed by atoms with Crippen LogP contribution in [-0.2, 0) is 6.54 Å². The molecule has 2 atom stereocenters. The van der Waals surface area contributed by atoms with E-state index in [1.54, 1.807) is 7.11 Å². The van der Waals surface area contributed by atoms with Crippen LogP contribution in [0.25, 0.3) is 0 Å². The fraction of sp³-hybridized carbons (Fsp3) is 0.350. The molecule has 0 aliphatic carbocycles. The molecule has 0 aromatic heterocycles. The van der Waals surface area contributed by atoms with Gasteiger partial charge in [0.1, 0.15) is 5.75 Å². The van der Waals surface area contributed by atoms with Gasteiger partial charge in [0, 0.05) is 37.7 Å². The van der Waals surface area contributed by atoms with Gasteiger partial charge in [-0.25, -0.2) is 0 Å². The molecule has 2 aliphatic rings. The van der Waals surface area contributed by atoms with E-state index in [0.29, 0.717) is 11.8 Å². The molecule has 1 saturated heterocycles. The van der Waals surface area contributed by atoms with Gasteiger partial charge in [-0.2, -0.15) is 0 Å². The van der Waals surface area contributed by atoms with Gasteiger partial charge in [-0.15, -0.1) is 0 Å². The van der Waals surface area contributed by atoms with Gasteiger partial charge in [0.25, 0.3) is 5.91 Å². The minimum absolute atomic E-state index is 0.0212. The highest BCUT2D eigenvalue weighted by molar-refractivity contribution is 5.96. The van der Waals surface area contributed by atoms with Crippen molar-refractivity contribution in [1.29, 1.82) is 0 Å². The van der Waals surface area contributed by atoms with Crippen molar-refractivity contribution in [3.8, 4) is 5.75 Å². The van der Waals surface area contributed by atoms with Crippen LogP contribution in [0.2, 0.25) is 0 Å². The summed E-state index contributed by atoms with van der Waals surface area (Å²) in [5.41, 5.74) is 3.27. The van der Waals surface area contributed by atoms with Crippen LogP contribution in [0.5, 0.6) is 5.75 Å². The molecular weight excluding hydrogens is 300 g/mol. The Bertz CT molecular complexity index is 745. The number of ether oxygens (including phenoxy) is 1. The van der Waals surface area contributed by atoms with Crippen molar-refractivity contribution >= 4 is 5.91 Å². The number of fused-ring (bicyclic) bond motifs is 3. The third-order valence-electron chi connectivity index (χ3n) is 5.20. The molecule has 0 radical (unpaired) electrons. The molecule has 4 nitrogen and oxygen atoms in total. The van der Waals surface area contributed by atoms with Gasteiger partial charge < -0.3 is 10.1 Å². The molecule has 0 spiro atoms. The average molecular weight is 322 g/mol. The Kier molecular flexibility index (Phi) is 3.98. The summed E-state index contributed by atoms with van der Waals surface area (Å²) in [4.78, 5) is 14.9. The molecule has 4 heteroatoms.